The van der Waals surface area contributed by atoms with Crippen molar-refractivity contribution in [2.45, 2.75) is 12.8 Å². The molecule has 4 heteroatoms. The van der Waals surface area contributed by atoms with Gasteiger partial charge < -0.3 is 15.2 Å². The minimum absolute atomic E-state index is 0. The monoisotopic (exact) mass is 257 g/mol. The number of rotatable bonds is 6. The molecular formula is C13H20ClNO2. The van der Waals surface area contributed by atoms with Crippen LogP contribution >= 0.6 is 12.4 Å². The lowest BCUT2D eigenvalue weighted by molar-refractivity contribution is 0.386. The Balaban J connectivity index is 0.00000256. The van der Waals surface area contributed by atoms with Crippen LogP contribution < -0.4 is 15.2 Å². The highest BCUT2D eigenvalue weighted by atomic mass is 35.5. The molecule has 0 radical (unpaired) electrons. The lowest BCUT2D eigenvalue weighted by Gasteiger charge is -2.14. The molecule has 1 aromatic rings. The number of hydrogen-bond acceptors (Lipinski definition) is 3. The van der Waals surface area contributed by atoms with Crippen LogP contribution in [0.3, 0.4) is 0 Å². The number of hydrogen-bond donors (Lipinski definition) is 1. The zero-order valence-electron chi connectivity index (χ0n) is 10.4. The Morgan fingerprint density at radius 3 is 2.12 bits per heavy atom. The largest absolute Gasteiger partial charge is 0.496 e. The Labute approximate surface area is 109 Å². The summed E-state index contributed by atoms with van der Waals surface area (Å²) >= 11 is 0. The fraction of sp³-hybridized carbons (Fsp3) is 0.385. The van der Waals surface area contributed by atoms with Crippen molar-refractivity contribution >= 4 is 12.4 Å². The van der Waals surface area contributed by atoms with Crippen molar-refractivity contribution in [3.8, 4) is 11.5 Å². The number of ether oxygens (including phenoxy) is 2. The summed E-state index contributed by atoms with van der Waals surface area (Å²) in [4.78, 5) is 0. The molecule has 96 valence electrons. The van der Waals surface area contributed by atoms with E-state index < -0.39 is 0 Å². The van der Waals surface area contributed by atoms with Crippen molar-refractivity contribution in [1.29, 1.82) is 0 Å². The van der Waals surface area contributed by atoms with E-state index in [1.54, 1.807) is 14.2 Å². The molecule has 0 atom stereocenters. The van der Waals surface area contributed by atoms with E-state index in [9.17, 15) is 0 Å². The number of halogens is 1. The molecule has 0 aliphatic carbocycles. The molecule has 17 heavy (non-hydrogen) atoms. The molecule has 0 heterocycles. The maximum absolute atomic E-state index is 5.54. The van der Waals surface area contributed by atoms with Crippen LogP contribution in [0.15, 0.2) is 24.8 Å². The standard InChI is InChI=1S/C13H19NO2.ClH/c1-4-5-11-12(15-2)8-10(6-7-14)9-13(11)16-3;/h4,8-9H,1,5-7,14H2,2-3H3;1H. The molecule has 0 aliphatic heterocycles. The number of nitrogens with two attached hydrogens (primary N) is 1. The molecule has 0 bridgehead atoms. The minimum atomic E-state index is 0. The second-order valence-electron chi connectivity index (χ2n) is 3.51. The SMILES string of the molecule is C=CCc1c(OC)cc(CCN)cc1OC.Cl. The summed E-state index contributed by atoms with van der Waals surface area (Å²) in [5.74, 6) is 1.67. The highest BCUT2D eigenvalue weighted by molar-refractivity contribution is 5.85. The van der Waals surface area contributed by atoms with Crippen molar-refractivity contribution in [3.05, 3.63) is 35.9 Å². The second-order valence-corrected chi connectivity index (χ2v) is 3.51. The predicted molar refractivity (Wildman–Crippen MR) is 73.5 cm³/mol. The zero-order chi connectivity index (χ0) is 12.0. The molecule has 0 amide bonds. The summed E-state index contributed by atoms with van der Waals surface area (Å²) in [6, 6.07) is 4.02. The predicted octanol–water partition coefficient (Wildman–Crippen LogP) is 2.36. The maximum atomic E-state index is 5.54. The quantitative estimate of drug-likeness (QED) is 0.796. The average Bonchev–Trinajstić information content (AvgIpc) is 2.31. The van der Waals surface area contributed by atoms with Crippen molar-refractivity contribution in [1.82, 2.24) is 0 Å². The van der Waals surface area contributed by atoms with Gasteiger partial charge in [-0.05, 0) is 37.1 Å². The van der Waals surface area contributed by atoms with Crippen LogP contribution in [0.1, 0.15) is 11.1 Å². The fourth-order valence-electron chi connectivity index (χ4n) is 1.69. The van der Waals surface area contributed by atoms with Crippen LogP contribution in [-0.4, -0.2) is 20.8 Å². The van der Waals surface area contributed by atoms with E-state index in [2.05, 4.69) is 6.58 Å². The van der Waals surface area contributed by atoms with Crippen LogP contribution in [0.25, 0.3) is 0 Å². The first-order valence-corrected chi connectivity index (χ1v) is 5.31. The Morgan fingerprint density at radius 1 is 1.24 bits per heavy atom. The van der Waals surface area contributed by atoms with Crippen molar-refractivity contribution in [2.24, 2.45) is 5.73 Å². The third-order valence-electron chi connectivity index (χ3n) is 2.45. The summed E-state index contributed by atoms with van der Waals surface area (Å²) in [6.45, 7) is 4.35. The molecule has 2 N–H and O–H groups in total. The van der Waals surface area contributed by atoms with Gasteiger partial charge in [-0.3, -0.25) is 0 Å². The topological polar surface area (TPSA) is 44.5 Å². The van der Waals surface area contributed by atoms with E-state index in [0.717, 1.165) is 35.5 Å². The van der Waals surface area contributed by atoms with Crippen molar-refractivity contribution in [2.75, 3.05) is 20.8 Å². The normalized spacial score (nSPS) is 9.35. The Hall–Kier alpha value is -1.19. The first-order chi connectivity index (χ1) is 7.76. The third-order valence-corrected chi connectivity index (χ3v) is 2.45. The first kappa shape index (κ1) is 15.8. The van der Waals surface area contributed by atoms with Crippen LogP contribution in [0.5, 0.6) is 11.5 Å². The van der Waals surface area contributed by atoms with Gasteiger partial charge in [0, 0.05) is 5.56 Å². The molecular weight excluding hydrogens is 238 g/mol. The van der Waals surface area contributed by atoms with Gasteiger partial charge in [-0.2, -0.15) is 0 Å². The molecule has 0 aromatic heterocycles. The van der Waals surface area contributed by atoms with Crippen LogP contribution in [0.4, 0.5) is 0 Å². The van der Waals surface area contributed by atoms with E-state index in [1.165, 1.54) is 0 Å². The lowest BCUT2D eigenvalue weighted by Crippen LogP contribution is -2.04. The van der Waals surface area contributed by atoms with Gasteiger partial charge >= 0.3 is 0 Å². The molecule has 1 aromatic carbocycles. The van der Waals surface area contributed by atoms with Gasteiger partial charge in [0.2, 0.25) is 0 Å². The minimum Gasteiger partial charge on any atom is -0.496 e. The highest BCUT2D eigenvalue weighted by Crippen LogP contribution is 2.31. The summed E-state index contributed by atoms with van der Waals surface area (Å²) in [7, 11) is 3.32. The van der Waals surface area contributed by atoms with Gasteiger partial charge in [0.15, 0.2) is 0 Å². The summed E-state index contributed by atoms with van der Waals surface area (Å²) in [5.41, 5.74) is 7.70. The van der Waals surface area contributed by atoms with Gasteiger partial charge in [-0.15, -0.1) is 19.0 Å². The van der Waals surface area contributed by atoms with E-state index in [0.29, 0.717) is 6.54 Å². The molecule has 0 spiro atoms. The Kier molecular flexibility index (Phi) is 7.42. The highest BCUT2D eigenvalue weighted by Gasteiger charge is 2.10. The Morgan fingerprint density at radius 2 is 1.76 bits per heavy atom. The van der Waals surface area contributed by atoms with Crippen molar-refractivity contribution in [3.63, 3.8) is 0 Å². The van der Waals surface area contributed by atoms with Gasteiger partial charge in [0.05, 0.1) is 14.2 Å². The molecule has 0 unspecified atom stereocenters. The van der Waals surface area contributed by atoms with Gasteiger partial charge in [0.1, 0.15) is 11.5 Å². The first-order valence-electron chi connectivity index (χ1n) is 5.31. The Bertz CT molecular complexity index is 341. The van der Waals surface area contributed by atoms with Crippen LogP contribution in [-0.2, 0) is 12.8 Å². The average molecular weight is 258 g/mol. The van der Waals surface area contributed by atoms with Gasteiger partial charge in [-0.1, -0.05) is 6.08 Å². The molecule has 0 saturated heterocycles. The van der Waals surface area contributed by atoms with Crippen LogP contribution in [0, 0.1) is 0 Å². The van der Waals surface area contributed by atoms with E-state index in [4.69, 9.17) is 15.2 Å². The molecule has 0 fully saturated rings. The summed E-state index contributed by atoms with van der Waals surface area (Å²) in [6.07, 6.45) is 3.39. The smallest absolute Gasteiger partial charge is 0.126 e. The number of allylic oxidation sites excluding steroid dienone is 1. The van der Waals surface area contributed by atoms with Crippen molar-refractivity contribution < 1.29 is 9.47 Å². The van der Waals surface area contributed by atoms with E-state index in [1.807, 2.05) is 18.2 Å². The molecule has 0 saturated carbocycles. The van der Waals surface area contributed by atoms with E-state index in [-0.39, 0.29) is 12.4 Å². The third kappa shape index (κ3) is 3.95. The van der Waals surface area contributed by atoms with Gasteiger partial charge in [0.25, 0.3) is 0 Å². The zero-order valence-corrected chi connectivity index (χ0v) is 11.2. The second kappa shape index (κ2) is 7.98. The summed E-state index contributed by atoms with van der Waals surface area (Å²) < 4.78 is 10.7. The van der Waals surface area contributed by atoms with Gasteiger partial charge in [-0.25, -0.2) is 0 Å². The maximum Gasteiger partial charge on any atom is 0.126 e. The lowest BCUT2D eigenvalue weighted by atomic mass is 10.0. The number of benzene rings is 1. The fourth-order valence-corrected chi connectivity index (χ4v) is 1.69. The molecule has 0 aliphatic rings. The van der Waals surface area contributed by atoms with E-state index >= 15 is 0 Å². The molecule has 3 nitrogen and oxygen atoms in total. The number of methoxy groups -OCH3 is 2. The van der Waals surface area contributed by atoms with Crippen LogP contribution in [0.2, 0.25) is 0 Å². The molecule has 1 rings (SSSR count). The summed E-state index contributed by atoms with van der Waals surface area (Å²) in [5, 5.41) is 0.